The van der Waals surface area contributed by atoms with Gasteiger partial charge in [0.2, 0.25) is 5.82 Å². The first-order valence-electron chi connectivity index (χ1n) is 4.05. The average molecular weight is 242 g/mol. The molecule has 5 nitrogen and oxygen atoms in total. The van der Waals surface area contributed by atoms with Crippen LogP contribution >= 0.6 is 24.0 Å². The zero-order valence-electron chi connectivity index (χ0n) is 8.30. The first kappa shape index (κ1) is 11.9. The Bertz CT molecular complexity index is 357. The second-order valence-corrected chi connectivity index (χ2v) is 3.98. The van der Waals surface area contributed by atoms with Gasteiger partial charge in [-0.3, -0.25) is 15.2 Å². The Morgan fingerprint density at radius 2 is 2.13 bits per heavy atom. The highest BCUT2D eigenvalue weighted by atomic mass is 32.2. The Hall–Kier alpha value is -1.21. The van der Waals surface area contributed by atoms with E-state index in [0.29, 0.717) is 4.32 Å². The van der Waals surface area contributed by atoms with Crippen LogP contribution in [0.25, 0.3) is 0 Å². The van der Waals surface area contributed by atoms with Gasteiger partial charge in [-0.1, -0.05) is 24.0 Å². The molecule has 0 aliphatic carbocycles. The first-order valence-corrected chi connectivity index (χ1v) is 5.68. The molecule has 80 valence electrons. The fourth-order valence-corrected chi connectivity index (χ4v) is 1.17. The van der Waals surface area contributed by atoms with Crippen LogP contribution in [0.3, 0.4) is 0 Å². The normalized spacial score (nSPS) is 9.47. The number of nitrogens with zero attached hydrogens (tertiary/aromatic N) is 3. The minimum atomic E-state index is -0.380. The molecule has 0 aliphatic rings. The topological polar surface area (TPSA) is 58.1 Å². The summed E-state index contributed by atoms with van der Waals surface area (Å²) in [4.78, 5) is 19.2. The molecule has 1 heterocycles. The predicted octanol–water partition coefficient (Wildman–Crippen LogP) is 0.701. The zero-order valence-corrected chi connectivity index (χ0v) is 9.93. The van der Waals surface area contributed by atoms with E-state index in [4.69, 9.17) is 12.2 Å². The fourth-order valence-electron chi connectivity index (χ4n) is 0.801. The minimum absolute atomic E-state index is 0.119. The number of thioether (sulfide) groups is 1. The number of hydrogen-bond acceptors (Lipinski definition) is 5. The summed E-state index contributed by atoms with van der Waals surface area (Å²) < 4.78 is 0.569. The van der Waals surface area contributed by atoms with E-state index in [1.54, 1.807) is 13.1 Å². The highest BCUT2D eigenvalue weighted by Gasteiger charge is 2.11. The number of thiocarbonyl (C=S) groups is 1. The molecule has 0 spiro atoms. The molecule has 1 amide bonds. The van der Waals surface area contributed by atoms with E-state index in [-0.39, 0.29) is 11.7 Å². The van der Waals surface area contributed by atoms with Gasteiger partial charge in [0.05, 0.1) is 0 Å². The molecule has 1 rings (SSSR count). The summed E-state index contributed by atoms with van der Waals surface area (Å²) in [6.07, 6.45) is 4.85. The maximum Gasteiger partial charge on any atom is 0.307 e. The van der Waals surface area contributed by atoms with E-state index in [9.17, 15) is 4.79 Å². The van der Waals surface area contributed by atoms with Crippen LogP contribution < -0.4 is 5.43 Å². The van der Waals surface area contributed by atoms with Crippen LogP contribution in [0.1, 0.15) is 10.6 Å². The lowest BCUT2D eigenvalue weighted by molar-refractivity contribution is 0.0879. The van der Waals surface area contributed by atoms with Crippen LogP contribution in [-0.4, -0.2) is 38.5 Å². The van der Waals surface area contributed by atoms with Gasteiger partial charge in [0, 0.05) is 19.4 Å². The zero-order chi connectivity index (χ0) is 11.3. The lowest BCUT2D eigenvalue weighted by Crippen LogP contribution is -2.41. The van der Waals surface area contributed by atoms with E-state index in [0.717, 1.165) is 0 Å². The van der Waals surface area contributed by atoms with Gasteiger partial charge in [0.1, 0.15) is 0 Å². The molecule has 1 N–H and O–H groups in total. The number of amides is 1. The van der Waals surface area contributed by atoms with Crippen LogP contribution in [0, 0.1) is 0 Å². The summed E-state index contributed by atoms with van der Waals surface area (Å²) in [5.74, 6) is -0.261. The molecule has 0 atom stereocenters. The van der Waals surface area contributed by atoms with Crippen molar-refractivity contribution in [3.8, 4) is 0 Å². The summed E-state index contributed by atoms with van der Waals surface area (Å²) in [7, 11) is 1.67. The van der Waals surface area contributed by atoms with E-state index >= 15 is 0 Å². The van der Waals surface area contributed by atoms with E-state index in [2.05, 4.69) is 15.4 Å². The molecule has 1 aromatic rings. The summed E-state index contributed by atoms with van der Waals surface area (Å²) in [5, 5.41) is 1.46. The number of carbonyl (C=O) groups excluding carboxylic acids is 1. The van der Waals surface area contributed by atoms with Crippen molar-refractivity contribution in [3.05, 3.63) is 24.3 Å². The number of aromatic nitrogens is 2. The van der Waals surface area contributed by atoms with Crippen molar-refractivity contribution in [2.24, 2.45) is 0 Å². The summed E-state index contributed by atoms with van der Waals surface area (Å²) in [6.45, 7) is 0. The van der Waals surface area contributed by atoms with Crippen LogP contribution in [0.2, 0.25) is 0 Å². The molecular weight excluding hydrogens is 232 g/mol. The van der Waals surface area contributed by atoms with Crippen LogP contribution in [0.15, 0.2) is 18.5 Å². The summed E-state index contributed by atoms with van der Waals surface area (Å²) in [5.41, 5.74) is 2.55. The van der Waals surface area contributed by atoms with E-state index < -0.39 is 0 Å². The first-order chi connectivity index (χ1) is 7.15. The maximum atomic E-state index is 11.5. The molecule has 0 unspecified atom stereocenters. The molecule has 0 aromatic carbocycles. The van der Waals surface area contributed by atoms with Crippen molar-refractivity contribution in [2.75, 3.05) is 13.3 Å². The van der Waals surface area contributed by atoms with Gasteiger partial charge < -0.3 is 0 Å². The van der Waals surface area contributed by atoms with Crippen molar-refractivity contribution in [3.63, 3.8) is 0 Å². The van der Waals surface area contributed by atoms with Crippen LogP contribution in [0.5, 0.6) is 0 Å². The highest BCUT2D eigenvalue weighted by molar-refractivity contribution is 8.22. The van der Waals surface area contributed by atoms with Gasteiger partial charge in [0.15, 0.2) is 4.32 Å². The van der Waals surface area contributed by atoms with Crippen molar-refractivity contribution < 1.29 is 4.79 Å². The SMILES string of the molecule is CSC(=S)N(C)NC(=O)c1ncccn1. The third-order valence-corrected chi connectivity index (χ3v) is 2.88. The van der Waals surface area contributed by atoms with Crippen molar-refractivity contribution in [1.82, 2.24) is 20.4 Å². The number of hydrazine groups is 1. The molecule has 0 saturated heterocycles. The smallest absolute Gasteiger partial charge is 0.272 e. The van der Waals surface area contributed by atoms with Crippen LogP contribution in [0.4, 0.5) is 0 Å². The Morgan fingerprint density at radius 1 is 1.53 bits per heavy atom. The molecule has 0 aliphatic heterocycles. The standard InChI is InChI=1S/C8H10N4OS2/c1-12(8(14)15-2)11-7(13)6-9-4-3-5-10-6/h3-5H,1-2H3,(H,11,13). The van der Waals surface area contributed by atoms with E-state index in [1.807, 2.05) is 6.26 Å². The Morgan fingerprint density at radius 3 is 2.67 bits per heavy atom. The number of carbonyl (C=O) groups is 1. The van der Waals surface area contributed by atoms with E-state index in [1.165, 1.54) is 29.2 Å². The Kier molecular flexibility index (Phi) is 4.44. The van der Waals surface area contributed by atoms with Gasteiger partial charge in [-0.05, 0) is 12.3 Å². The molecule has 0 saturated carbocycles. The Labute approximate surface area is 97.3 Å². The Balaban J connectivity index is 2.61. The highest BCUT2D eigenvalue weighted by Crippen LogP contribution is 2.00. The number of nitrogens with one attached hydrogen (secondary N) is 1. The maximum absolute atomic E-state index is 11.5. The lowest BCUT2D eigenvalue weighted by atomic mass is 10.5. The van der Waals surface area contributed by atoms with Gasteiger partial charge in [-0.15, -0.1) is 0 Å². The molecule has 7 heteroatoms. The quantitative estimate of drug-likeness (QED) is 0.578. The monoisotopic (exact) mass is 242 g/mol. The summed E-state index contributed by atoms with van der Waals surface area (Å²) in [6, 6.07) is 1.65. The van der Waals surface area contributed by atoms with Gasteiger partial charge in [-0.25, -0.2) is 9.97 Å². The third-order valence-electron chi connectivity index (χ3n) is 1.49. The molecule has 15 heavy (non-hydrogen) atoms. The second-order valence-electron chi connectivity index (χ2n) is 2.54. The van der Waals surface area contributed by atoms with Gasteiger partial charge in [0.25, 0.3) is 0 Å². The van der Waals surface area contributed by atoms with Crippen molar-refractivity contribution in [1.29, 1.82) is 0 Å². The molecule has 1 aromatic heterocycles. The minimum Gasteiger partial charge on any atom is -0.272 e. The lowest BCUT2D eigenvalue weighted by Gasteiger charge is -2.18. The molecule has 0 radical (unpaired) electrons. The number of rotatable bonds is 1. The molecular formula is C8H10N4OS2. The third kappa shape index (κ3) is 3.45. The molecule has 0 bridgehead atoms. The van der Waals surface area contributed by atoms with Crippen LogP contribution in [-0.2, 0) is 0 Å². The van der Waals surface area contributed by atoms with Gasteiger partial charge >= 0.3 is 5.91 Å². The fraction of sp³-hybridized carbons (Fsp3) is 0.250. The largest absolute Gasteiger partial charge is 0.307 e. The van der Waals surface area contributed by atoms with Crippen molar-refractivity contribution in [2.45, 2.75) is 0 Å². The average Bonchev–Trinajstić information content (AvgIpc) is 2.29. The number of hydrogen-bond donors (Lipinski definition) is 1. The predicted molar refractivity (Wildman–Crippen MR) is 63.4 cm³/mol. The summed E-state index contributed by atoms with van der Waals surface area (Å²) >= 11 is 6.35. The van der Waals surface area contributed by atoms with Gasteiger partial charge in [-0.2, -0.15) is 0 Å². The second kappa shape index (κ2) is 5.62. The molecule has 0 fully saturated rings. The van der Waals surface area contributed by atoms with Crippen molar-refractivity contribution >= 4 is 34.2 Å².